The second-order valence-corrected chi connectivity index (χ2v) is 9.79. The topological polar surface area (TPSA) is 80.3 Å². The number of fused-ring (bicyclic) bond motifs is 1. The third-order valence-corrected chi connectivity index (χ3v) is 7.42. The van der Waals surface area contributed by atoms with E-state index in [0.717, 1.165) is 35.5 Å². The Morgan fingerprint density at radius 1 is 0.944 bits per heavy atom. The lowest BCUT2D eigenvalue weighted by atomic mass is 9.95. The molecule has 8 heteroatoms. The second-order valence-electron chi connectivity index (χ2n) is 9.79. The molecule has 0 bridgehead atoms. The van der Waals surface area contributed by atoms with Crippen molar-refractivity contribution in [1.29, 1.82) is 0 Å². The van der Waals surface area contributed by atoms with E-state index in [4.69, 9.17) is 14.2 Å². The normalized spacial score (nSPS) is 18.8. The monoisotopic (exact) mass is 493 g/mol. The molecule has 36 heavy (non-hydrogen) atoms. The van der Waals surface area contributed by atoms with E-state index in [-0.39, 0.29) is 31.3 Å². The molecule has 1 atom stereocenters. The zero-order valence-electron chi connectivity index (χ0n) is 20.7. The largest absolute Gasteiger partial charge is 0.454 e. The van der Waals surface area contributed by atoms with Crippen molar-refractivity contribution >= 4 is 11.8 Å². The van der Waals surface area contributed by atoms with Crippen LogP contribution < -0.4 is 14.8 Å². The minimum absolute atomic E-state index is 0.00950. The molecule has 0 spiro atoms. The van der Waals surface area contributed by atoms with Crippen LogP contribution in [-0.2, 0) is 27.5 Å². The van der Waals surface area contributed by atoms with Crippen molar-refractivity contribution in [3.63, 3.8) is 0 Å². The summed E-state index contributed by atoms with van der Waals surface area (Å²) in [5.41, 5.74) is 2.05. The van der Waals surface area contributed by atoms with Crippen LogP contribution in [0, 0.1) is 5.92 Å². The molecule has 1 N–H and O–H groups in total. The van der Waals surface area contributed by atoms with Crippen molar-refractivity contribution in [2.24, 2.45) is 5.92 Å². The van der Waals surface area contributed by atoms with Crippen LogP contribution in [0.1, 0.15) is 36.8 Å². The zero-order valence-corrected chi connectivity index (χ0v) is 20.7. The van der Waals surface area contributed by atoms with Crippen LogP contribution in [0.15, 0.2) is 48.5 Å². The molecular weight excluding hydrogens is 458 g/mol. The molecule has 1 aliphatic carbocycles. The molecule has 0 unspecified atom stereocenters. The Kier molecular flexibility index (Phi) is 8.03. The predicted molar refractivity (Wildman–Crippen MR) is 134 cm³/mol. The fourth-order valence-corrected chi connectivity index (χ4v) is 5.47. The molecule has 1 saturated heterocycles. The number of benzene rings is 2. The van der Waals surface area contributed by atoms with Crippen molar-refractivity contribution in [3.8, 4) is 11.5 Å². The quantitative estimate of drug-likeness (QED) is 0.579. The van der Waals surface area contributed by atoms with Crippen LogP contribution in [0.2, 0.25) is 0 Å². The molecule has 8 nitrogen and oxygen atoms in total. The average molecular weight is 494 g/mol. The molecule has 0 aromatic heterocycles. The Bertz CT molecular complexity index is 1030. The molecule has 2 heterocycles. The van der Waals surface area contributed by atoms with Crippen molar-refractivity contribution in [2.45, 2.75) is 44.9 Å². The van der Waals surface area contributed by atoms with Gasteiger partial charge < -0.3 is 24.4 Å². The number of nitrogens with one attached hydrogen (secondary N) is 1. The highest BCUT2D eigenvalue weighted by atomic mass is 16.7. The van der Waals surface area contributed by atoms with Crippen LogP contribution >= 0.6 is 0 Å². The lowest BCUT2D eigenvalue weighted by Crippen LogP contribution is -2.58. The van der Waals surface area contributed by atoms with Crippen LogP contribution in [-0.4, -0.2) is 67.2 Å². The summed E-state index contributed by atoms with van der Waals surface area (Å²) in [7, 11) is 0. The summed E-state index contributed by atoms with van der Waals surface area (Å²) >= 11 is 0. The van der Waals surface area contributed by atoms with E-state index in [1.165, 1.54) is 12.8 Å². The van der Waals surface area contributed by atoms with Gasteiger partial charge in [0.25, 0.3) is 0 Å². The molecule has 192 valence electrons. The van der Waals surface area contributed by atoms with E-state index >= 15 is 0 Å². The smallest absolute Gasteiger partial charge is 0.248 e. The fourth-order valence-electron chi connectivity index (χ4n) is 5.47. The van der Waals surface area contributed by atoms with Gasteiger partial charge in [-0.2, -0.15) is 0 Å². The van der Waals surface area contributed by atoms with Gasteiger partial charge in [-0.3, -0.25) is 14.5 Å². The van der Waals surface area contributed by atoms with E-state index in [2.05, 4.69) is 10.2 Å². The van der Waals surface area contributed by atoms with Gasteiger partial charge in [-0.05, 0) is 42.0 Å². The maximum absolute atomic E-state index is 13.4. The maximum Gasteiger partial charge on any atom is 0.248 e. The zero-order chi connectivity index (χ0) is 24.7. The summed E-state index contributed by atoms with van der Waals surface area (Å²) in [6, 6.07) is 15.5. The molecule has 2 aliphatic heterocycles. The van der Waals surface area contributed by atoms with Crippen molar-refractivity contribution in [3.05, 3.63) is 59.7 Å². The maximum atomic E-state index is 13.4. The van der Waals surface area contributed by atoms with Gasteiger partial charge in [-0.25, -0.2) is 0 Å². The van der Waals surface area contributed by atoms with Gasteiger partial charge in [0.1, 0.15) is 6.61 Å². The summed E-state index contributed by atoms with van der Waals surface area (Å²) in [5, 5.41) is 3.16. The first kappa shape index (κ1) is 24.6. The van der Waals surface area contributed by atoms with E-state index < -0.39 is 0 Å². The summed E-state index contributed by atoms with van der Waals surface area (Å²) in [5.74, 6) is 1.91. The Hall–Kier alpha value is -3.10. The first-order valence-electron chi connectivity index (χ1n) is 13.0. The van der Waals surface area contributed by atoms with Crippen LogP contribution in [0.5, 0.6) is 11.5 Å². The summed E-state index contributed by atoms with van der Waals surface area (Å²) in [4.78, 5) is 30.2. The van der Waals surface area contributed by atoms with E-state index in [9.17, 15) is 9.59 Å². The predicted octanol–water partition coefficient (Wildman–Crippen LogP) is 2.95. The minimum atomic E-state index is -0.159. The Morgan fingerprint density at radius 2 is 1.69 bits per heavy atom. The van der Waals surface area contributed by atoms with Gasteiger partial charge in [-0.1, -0.05) is 49.2 Å². The van der Waals surface area contributed by atoms with Crippen LogP contribution in [0.4, 0.5) is 0 Å². The third kappa shape index (κ3) is 5.99. The number of carbonyl (C=O) groups is 2. The first-order valence-corrected chi connectivity index (χ1v) is 13.0. The number of carbonyl (C=O) groups excluding carboxylic acids is 2. The highest BCUT2D eigenvalue weighted by Crippen LogP contribution is 2.33. The number of amides is 2. The number of piperazine rings is 1. The second kappa shape index (κ2) is 11.8. The summed E-state index contributed by atoms with van der Waals surface area (Å²) < 4.78 is 16.5. The Morgan fingerprint density at radius 3 is 2.47 bits per heavy atom. The summed E-state index contributed by atoms with van der Waals surface area (Å²) in [6.45, 7) is 3.83. The van der Waals surface area contributed by atoms with E-state index in [0.29, 0.717) is 45.2 Å². The number of ether oxygens (including phenoxy) is 3. The highest BCUT2D eigenvalue weighted by Gasteiger charge is 2.37. The van der Waals surface area contributed by atoms with Gasteiger partial charge in [0.05, 0.1) is 12.6 Å². The number of hydrogen-bond acceptors (Lipinski definition) is 6. The SMILES string of the molecule is O=C(NCc1ccc2c(c1)OCO2)[C@H](C1CCCC1)N1CCN(C(=O)COCc2ccccc2)CC1. The van der Waals surface area contributed by atoms with E-state index in [1.54, 1.807) is 0 Å². The van der Waals surface area contributed by atoms with Gasteiger partial charge in [0.15, 0.2) is 11.5 Å². The molecule has 2 aromatic rings. The lowest BCUT2D eigenvalue weighted by Gasteiger charge is -2.40. The van der Waals surface area contributed by atoms with Crippen molar-refractivity contribution < 1.29 is 23.8 Å². The third-order valence-electron chi connectivity index (χ3n) is 7.42. The van der Waals surface area contributed by atoms with Gasteiger partial charge >= 0.3 is 0 Å². The molecule has 2 amide bonds. The fraction of sp³-hybridized carbons (Fsp3) is 0.500. The standard InChI is InChI=1S/C28H35N3O5/c32-26(19-34-18-21-6-2-1-3-7-21)30-12-14-31(15-13-30)27(23-8-4-5-9-23)28(33)29-17-22-10-11-24-25(16-22)36-20-35-24/h1-3,6-7,10-11,16,23,27H,4-5,8-9,12-15,17-20H2,(H,29,33)/t27-/m0/s1. The molecule has 2 aromatic carbocycles. The van der Waals surface area contributed by atoms with Gasteiger partial charge in [0.2, 0.25) is 18.6 Å². The van der Waals surface area contributed by atoms with Crippen molar-refractivity contribution in [1.82, 2.24) is 15.1 Å². The number of hydrogen-bond donors (Lipinski definition) is 1. The van der Waals surface area contributed by atoms with E-state index in [1.807, 2.05) is 53.4 Å². The average Bonchev–Trinajstić information content (AvgIpc) is 3.61. The van der Waals surface area contributed by atoms with Gasteiger partial charge in [0, 0.05) is 32.7 Å². The molecule has 3 aliphatic rings. The molecule has 1 saturated carbocycles. The lowest BCUT2D eigenvalue weighted by molar-refractivity contribution is -0.139. The Balaban J connectivity index is 1.13. The minimum Gasteiger partial charge on any atom is -0.454 e. The molecule has 5 rings (SSSR count). The molecule has 0 radical (unpaired) electrons. The molecular formula is C28H35N3O5. The van der Waals surface area contributed by atoms with Crippen LogP contribution in [0.25, 0.3) is 0 Å². The first-order chi connectivity index (χ1) is 17.7. The molecule has 2 fully saturated rings. The van der Waals surface area contributed by atoms with Gasteiger partial charge in [-0.15, -0.1) is 0 Å². The van der Waals surface area contributed by atoms with Crippen LogP contribution in [0.3, 0.4) is 0 Å². The number of rotatable bonds is 9. The number of nitrogens with zero attached hydrogens (tertiary/aromatic N) is 2. The highest BCUT2D eigenvalue weighted by molar-refractivity contribution is 5.82. The van der Waals surface area contributed by atoms with Crippen molar-refractivity contribution in [2.75, 3.05) is 39.6 Å². The Labute approximate surface area is 212 Å². The summed E-state index contributed by atoms with van der Waals surface area (Å²) in [6.07, 6.45) is 4.50.